The van der Waals surface area contributed by atoms with Crippen molar-refractivity contribution in [2.24, 2.45) is 40.4 Å². The lowest BCUT2D eigenvalue weighted by Gasteiger charge is -2.57. The molecule has 0 amide bonds. The lowest BCUT2D eigenvalue weighted by Crippen LogP contribution is -2.53. The summed E-state index contributed by atoms with van der Waals surface area (Å²) in [6.45, 7) is 13.0. The molecule has 0 spiro atoms. The smallest absolute Gasteiger partial charge is 0.159 e. The number of hydrogen-bond donors (Lipinski definition) is 2. The summed E-state index contributed by atoms with van der Waals surface area (Å²) in [5.74, 6) is 2.67. The molecule has 3 fully saturated rings. The van der Waals surface area contributed by atoms with Gasteiger partial charge in [-0.1, -0.05) is 38.5 Å². The number of fused-ring (bicyclic) bond motifs is 5. The molecule has 0 heterocycles. The first-order chi connectivity index (χ1) is 14.1. The normalized spacial score (nSPS) is 45.1. The standard InChI is InChI=1S/C27H42O3/c1-16(2)23(29)9-6-17(3)20-7-8-21-25-22(11-13-27(20,21)5)26(4)12-10-19(28)14-18(26)15-24(25)30/h15,17,19-23,25,28-29H,1,6-14H2,2-5H3. The Morgan fingerprint density at radius 3 is 2.60 bits per heavy atom. The molecular weight excluding hydrogens is 372 g/mol. The summed E-state index contributed by atoms with van der Waals surface area (Å²) in [5, 5.41) is 20.4. The number of carbonyl (C=O) groups is 1. The molecule has 0 aliphatic heterocycles. The van der Waals surface area contributed by atoms with Gasteiger partial charge in [-0.05, 0) is 105 Å². The number of rotatable bonds is 5. The average molecular weight is 415 g/mol. The van der Waals surface area contributed by atoms with Gasteiger partial charge in [0, 0.05) is 5.92 Å². The van der Waals surface area contributed by atoms with E-state index in [9.17, 15) is 15.0 Å². The van der Waals surface area contributed by atoms with Crippen LogP contribution < -0.4 is 0 Å². The number of allylic oxidation sites excluding steroid dienone is 1. The third kappa shape index (κ3) is 3.45. The van der Waals surface area contributed by atoms with Gasteiger partial charge in [-0.25, -0.2) is 0 Å². The van der Waals surface area contributed by atoms with Crippen LogP contribution in [-0.4, -0.2) is 28.2 Å². The average Bonchev–Trinajstić information content (AvgIpc) is 3.04. The highest BCUT2D eigenvalue weighted by Gasteiger charge is 2.61. The van der Waals surface area contributed by atoms with Crippen LogP contribution in [0.25, 0.3) is 0 Å². The minimum Gasteiger partial charge on any atom is -0.393 e. The number of aliphatic hydroxyl groups is 2. The summed E-state index contributed by atoms with van der Waals surface area (Å²) >= 11 is 0. The van der Waals surface area contributed by atoms with Crippen molar-refractivity contribution in [1.29, 1.82) is 0 Å². The summed E-state index contributed by atoms with van der Waals surface area (Å²) in [4.78, 5) is 13.4. The van der Waals surface area contributed by atoms with E-state index in [0.29, 0.717) is 35.9 Å². The molecule has 4 rings (SSSR count). The topological polar surface area (TPSA) is 57.5 Å². The van der Waals surface area contributed by atoms with Crippen molar-refractivity contribution >= 4 is 5.78 Å². The van der Waals surface area contributed by atoms with Gasteiger partial charge in [-0.2, -0.15) is 0 Å². The predicted molar refractivity (Wildman–Crippen MR) is 121 cm³/mol. The summed E-state index contributed by atoms with van der Waals surface area (Å²) in [6, 6.07) is 0. The molecule has 3 nitrogen and oxygen atoms in total. The van der Waals surface area contributed by atoms with Crippen LogP contribution in [0.5, 0.6) is 0 Å². The Hall–Kier alpha value is -0.930. The molecule has 9 atom stereocenters. The largest absolute Gasteiger partial charge is 0.393 e. The molecule has 0 saturated heterocycles. The molecule has 0 aromatic heterocycles. The zero-order valence-electron chi connectivity index (χ0n) is 19.5. The lowest BCUT2D eigenvalue weighted by molar-refractivity contribution is -0.135. The fraction of sp³-hybridized carbons (Fsp3) is 0.815. The Balaban J connectivity index is 1.54. The van der Waals surface area contributed by atoms with Crippen molar-refractivity contribution in [2.45, 2.75) is 97.7 Å². The molecular formula is C27H42O3. The quantitative estimate of drug-likeness (QED) is 0.587. The van der Waals surface area contributed by atoms with E-state index in [4.69, 9.17) is 0 Å². The van der Waals surface area contributed by atoms with Crippen molar-refractivity contribution in [3.63, 3.8) is 0 Å². The van der Waals surface area contributed by atoms with Gasteiger partial charge in [0.2, 0.25) is 0 Å². The van der Waals surface area contributed by atoms with E-state index < -0.39 is 6.10 Å². The second kappa shape index (κ2) is 7.89. The van der Waals surface area contributed by atoms with Crippen molar-refractivity contribution in [2.75, 3.05) is 0 Å². The summed E-state index contributed by atoms with van der Waals surface area (Å²) in [7, 11) is 0. The van der Waals surface area contributed by atoms with Gasteiger partial charge in [0.05, 0.1) is 12.2 Å². The Kier molecular flexibility index (Phi) is 5.85. The summed E-state index contributed by atoms with van der Waals surface area (Å²) < 4.78 is 0. The van der Waals surface area contributed by atoms with Gasteiger partial charge in [0.15, 0.2) is 5.78 Å². The maximum absolute atomic E-state index is 13.4. The van der Waals surface area contributed by atoms with E-state index in [1.807, 2.05) is 13.0 Å². The molecule has 0 radical (unpaired) electrons. The Morgan fingerprint density at radius 1 is 1.17 bits per heavy atom. The summed E-state index contributed by atoms with van der Waals surface area (Å²) in [6.07, 6.45) is 10.5. The number of carbonyl (C=O) groups excluding carboxylic acids is 1. The van der Waals surface area contributed by atoms with Crippen molar-refractivity contribution in [1.82, 2.24) is 0 Å². The minimum absolute atomic E-state index is 0.106. The highest BCUT2D eigenvalue weighted by molar-refractivity contribution is 5.94. The number of aliphatic hydroxyl groups excluding tert-OH is 2. The Morgan fingerprint density at radius 2 is 1.90 bits per heavy atom. The molecule has 3 heteroatoms. The second-order valence-electron chi connectivity index (χ2n) is 11.8. The predicted octanol–water partition coefficient (Wildman–Crippen LogP) is 5.46. The van der Waals surface area contributed by atoms with Crippen molar-refractivity contribution in [3.8, 4) is 0 Å². The number of hydrogen-bond acceptors (Lipinski definition) is 3. The molecule has 168 valence electrons. The minimum atomic E-state index is -0.390. The van der Waals surface area contributed by atoms with Gasteiger partial charge >= 0.3 is 0 Å². The zero-order valence-corrected chi connectivity index (χ0v) is 19.5. The van der Waals surface area contributed by atoms with Crippen LogP contribution in [0.1, 0.15) is 85.5 Å². The highest BCUT2D eigenvalue weighted by Crippen LogP contribution is 2.66. The van der Waals surface area contributed by atoms with Crippen LogP contribution in [0.4, 0.5) is 0 Å². The molecule has 2 N–H and O–H groups in total. The second-order valence-corrected chi connectivity index (χ2v) is 11.8. The molecule has 30 heavy (non-hydrogen) atoms. The first-order valence-electron chi connectivity index (χ1n) is 12.3. The SMILES string of the molecule is C=C(C)C(O)CCC(C)C1CCC2C3C(=O)C=C4CC(O)CCC4(C)C3CCC12C. The maximum Gasteiger partial charge on any atom is 0.159 e. The van der Waals surface area contributed by atoms with E-state index in [2.05, 4.69) is 27.4 Å². The zero-order chi connectivity index (χ0) is 21.8. The van der Waals surface area contributed by atoms with E-state index in [-0.39, 0.29) is 22.9 Å². The van der Waals surface area contributed by atoms with E-state index in [1.165, 1.54) is 24.8 Å². The van der Waals surface area contributed by atoms with Crippen molar-refractivity contribution < 1.29 is 15.0 Å². The van der Waals surface area contributed by atoms with Gasteiger partial charge in [0.25, 0.3) is 0 Å². The highest BCUT2D eigenvalue weighted by atomic mass is 16.3. The van der Waals surface area contributed by atoms with Gasteiger partial charge < -0.3 is 10.2 Å². The first-order valence-corrected chi connectivity index (χ1v) is 12.3. The van der Waals surface area contributed by atoms with Crippen LogP contribution in [0.3, 0.4) is 0 Å². The first kappa shape index (κ1) is 22.3. The van der Waals surface area contributed by atoms with Gasteiger partial charge in [-0.3, -0.25) is 4.79 Å². The van der Waals surface area contributed by atoms with E-state index >= 15 is 0 Å². The lowest BCUT2D eigenvalue weighted by atomic mass is 9.46. The number of ketones is 1. The molecule has 0 aromatic rings. The van der Waals surface area contributed by atoms with Crippen LogP contribution in [0, 0.1) is 40.4 Å². The third-order valence-corrected chi connectivity index (χ3v) is 10.1. The van der Waals surface area contributed by atoms with Crippen molar-refractivity contribution in [3.05, 3.63) is 23.8 Å². The van der Waals surface area contributed by atoms with Crippen LogP contribution >= 0.6 is 0 Å². The molecule has 4 aliphatic rings. The summed E-state index contributed by atoms with van der Waals surface area (Å²) in [5.41, 5.74) is 2.43. The molecule has 0 aromatic carbocycles. The fourth-order valence-corrected chi connectivity index (χ4v) is 8.23. The fourth-order valence-electron chi connectivity index (χ4n) is 8.23. The van der Waals surface area contributed by atoms with Gasteiger partial charge in [0.1, 0.15) is 0 Å². The molecule has 9 unspecified atom stereocenters. The molecule has 3 saturated carbocycles. The van der Waals surface area contributed by atoms with E-state index in [0.717, 1.165) is 37.7 Å². The van der Waals surface area contributed by atoms with Crippen LogP contribution in [0.2, 0.25) is 0 Å². The molecule has 4 aliphatic carbocycles. The third-order valence-electron chi connectivity index (χ3n) is 10.1. The maximum atomic E-state index is 13.4. The monoisotopic (exact) mass is 414 g/mol. The Bertz CT molecular complexity index is 738. The Labute approximate surface area is 183 Å². The van der Waals surface area contributed by atoms with Gasteiger partial charge in [-0.15, -0.1) is 0 Å². The van der Waals surface area contributed by atoms with E-state index in [1.54, 1.807) is 0 Å². The van der Waals surface area contributed by atoms with Crippen LogP contribution in [-0.2, 0) is 4.79 Å². The van der Waals surface area contributed by atoms with Crippen LogP contribution in [0.15, 0.2) is 23.8 Å². The molecule has 0 bridgehead atoms.